The van der Waals surface area contributed by atoms with E-state index in [1.54, 1.807) is 0 Å². The number of rotatable bonds is 6. The molecule has 7 heteroatoms. The Hall–Kier alpha value is -2.05. The Bertz CT molecular complexity index is 495. The van der Waals surface area contributed by atoms with Crippen molar-refractivity contribution in [2.45, 2.75) is 12.6 Å². The number of ether oxygens (including phenoxy) is 1. The van der Waals surface area contributed by atoms with Crippen molar-refractivity contribution in [3.05, 3.63) is 35.4 Å². The second kappa shape index (κ2) is 6.93. The molecule has 0 amide bonds. The van der Waals surface area contributed by atoms with Gasteiger partial charge in [0.15, 0.2) is 0 Å². The Morgan fingerprint density at radius 2 is 2.05 bits per heavy atom. The second-order valence-corrected chi connectivity index (χ2v) is 3.82. The standard InChI is InChI=1S/C13H12F4O3/c14-6-1-7-20-11-4-2-9(3-5-12(18)19)8-10(11)13(15,16)17/h2-5,8H,1,6-7H2,(H,18,19)/b5-3+. The summed E-state index contributed by atoms with van der Waals surface area (Å²) in [7, 11) is 0. The number of hydrogen-bond acceptors (Lipinski definition) is 2. The van der Waals surface area contributed by atoms with E-state index >= 15 is 0 Å². The zero-order valence-corrected chi connectivity index (χ0v) is 10.3. The number of alkyl halides is 4. The summed E-state index contributed by atoms with van der Waals surface area (Å²) in [5.74, 6) is -1.67. The highest BCUT2D eigenvalue weighted by atomic mass is 19.4. The van der Waals surface area contributed by atoms with E-state index in [1.165, 1.54) is 6.07 Å². The number of hydrogen-bond donors (Lipinski definition) is 1. The molecule has 1 rings (SSSR count). The molecule has 0 aliphatic heterocycles. The topological polar surface area (TPSA) is 46.5 Å². The van der Waals surface area contributed by atoms with E-state index in [9.17, 15) is 22.4 Å². The van der Waals surface area contributed by atoms with Crippen LogP contribution < -0.4 is 4.74 Å². The van der Waals surface area contributed by atoms with Crippen molar-refractivity contribution in [2.75, 3.05) is 13.3 Å². The molecule has 0 saturated carbocycles. The van der Waals surface area contributed by atoms with Crippen LogP contribution in [0.4, 0.5) is 17.6 Å². The fourth-order valence-electron chi connectivity index (χ4n) is 1.40. The van der Waals surface area contributed by atoms with Gasteiger partial charge in [0.05, 0.1) is 18.8 Å². The largest absolute Gasteiger partial charge is 0.493 e. The summed E-state index contributed by atoms with van der Waals surface area (Å²) in [5.41, 5.74) is -0.943. The second-order valence-electron chi connectivity index (χ2n) is 3.82. The molecule has 20 heavy (non-hydrogen) atoms. The SMILES string of the molecule is O=C(O)/C=C/c1ccc(OCCCF)c(C(F)(F)F)c1. The summed E-state index contributed by atoms with van der Waals surface area (Å²) in [6.07, 6.45) is -2.86. The van der Waals surface area contributed by atoms with Crippen LogP contribution in [0.5, 0.6) is 5.75 Å². The summed E-state index contributed by atoms with van der Waals surface area (Å²) >= 11 is 0. The van der Waals surface area contributed by atoms with Gasteiger partial charge in [0.25, 0.3) is 0 Å². The van der Waals surface area contributed by atoms with Crippen LogP contribution >= 0.6 is 0 Å². The van der Waals surface area contributed by atoms with Crippen LogP contribution in [0.1, 0.15) is 17.5 Å². The van der Waals surface area contributed by atoms with Crippen LogP contribution in [0.15, 0.2) is 24.3 Å². The zero-order chi connectivity index (χ0) is 15.2. The van der Waals surface area contributed by atoms with Crippen LogP contribution in [0.3, 0.4) is 0 Å². The molecule has 0 radical (unpaired) electrons. The lowest BCUT2D eigenvalue weighted by Gasteiger charge is -2.14. The van der Waals surface area contributed by atoms with Crippen molar-refractivity contribution in [1.82, 2.24) is 0 Å². The molecule has 1 aromatic carbocycles. The number of carboxylic acids is 1. The predicted molar refractivity (Wildman–Crippen MR) is 64.2 cm³/mol. The average Bonchev–Trinajstić information content (AvgIpc) is 2.36. The Kier molecular flexibility index (Phi) is 5.54. The Labute approximate surface area is 112 Å². The van der Waals surface area contributed by atoms with Crippen molar-refractivity contribution >= 4 is 12.0 Å². The number of halogens is 4. The van der Waals surface area contributed by atoms with Gasteiger partial charge in [-0.05, 0) is 23.8 Å². The molecule has 0 aliphatic rings. The Morgan fingerprint density at radius 3 is 2.60 bits per heavy atom. The number of benzene rings is 1. The van der Waals surface area contributed by atoms with Crippen LogP contribution in [0.25, 0.3) is 6.08 Å². The molecule has 1 N–H and O–H groups in total. The Morgan fingerprint density at radius 1 is 1.35 bits per heavy atom. The number of carbonyl (C=O) groups is 1. The minimum atomic E-state index is -4.64. The van der Waals surface area contributed by atoms with Crippen molar-refractivity contribution in [1.29, 1.82) is 0 Å². The minimum Gasteiger partial charge on any atom is -0.493 e. The predicted octanol–water partition coefficient (Wildman–Crippen LogP) is 3.54. The number of aliphatic carboxylic acids is 1. The lowest BCUT2D eigenvalue weighted by atomic mass is 10.1. The van der Waals surface area contributed by atoms with E-state index in [0.717, 1.165) is 24.3 Å². The van der Waals surface area contributed by atoms with Crippen molar-refractivity contribution < 1.29 is 32.2 Å². The van der Waals surface area contributed by atoms with Crippen LogP contribution in [0.2, 0.25) is 0 Å². The highest BCUT2D eigenvalue weighted by molar-refractivity contribution is 5.85. The maximum atomic E-state index is 12.8. The van der Waals surface area contributed by atoms with E-state index in [-0.39, 0.29) is 18.6 Å². The molecule has 3 nitrogen and oxygen atoms in total. The first-order valence-electron chi connectivity index (χ1n) is 5.65. The quantitative estimate of drug-likeness (QED) is 0.495. The van der Waals surface area contributed by atoms with Gasteiger partial charge in [0, 0.05) is 12.5 Å². The van der Waals surface area contributed by atoms with E-state index < -0.39 is 30.1 Å². The summed E-state index contributed by atoms with van der Waals surface area (Å²) in [5, 5.41) is 8.43. The van der Waals surface area contributed by atoms with E-state index in [1.807, 2.05) is 0 Å². The monoisotopic (exact) mass is 292 g/mol. The molecule has 110 valence electrons. The Balaban J connectivity index is 3.04. The fraction of sp³-hybridized carbons (Fsp3) is 0.308. The third kappa shape index (κ3) is 4.91. The fourth-order valence-corrected chi connectivity index (χ4v) is 1.40. The smallest absolute Gasteiger partial charge is 0.419 e. The van der Waals surface area contributed by atoms with E-state index in [0.29, 0.717) is 0 Å². The molecular weight excluding hydrogens is 280 g/mol. The van der Waals surface area contributed by atoms with Gasteiger partial charge in [-0.3, -0.25) is 4.39 Å². The molecule has 0 atom stereocenters. The molecule has 0 unspecified atom stereocenters. The molecule has 0 bridgehead atoms. The average molecular weight is 292 g/mol. The molecule has 0 spiro atoms. The van der Waals surface area contributed by atoms with Gasteiger partial charge >= 0.3 is 12.1 Å². The first-order chi connectivity index (χ1) is 9.34. The van der Waals surface area contributed by atoms with Gasteiger partial charge < -0.3 is 9.84 Å². The summed E-state index contributed by atoms with van der Waals surface area (Å²) < 4.78 is 55.3. The summed E-state index contributed by atoms with van der Waals surface area (Å²) in [4.78, 5) is 10.3. The number of carboxylic acid groups (broad SMARTS) is 1. The van der Waals surface area contributed by atoms with Crippen LogP contribution in [0, 0.1) is 0 Å². The van der Waals surface area contributed by atoms with Crippen LogP contribution in [-0.4, -0.2) is 24.4 Å². The van der Waals surface area contributed by atoms with Crippen molar-refractivity contribution in [2.24, 2.45) is 0 Å². The minimum absolute atomic E-state index is 0.00202. The molecular formula is C13H12F4O3. The van der Waals surface area contributed by atoms with Crippen molar-refractivity contribution in [3.8, 4) is 5.75 Å². The zero-order valence-electron chi connectivity index (χ0n) is 10.3. The summed E-state index contributed by atoms with van der Waals surface area (Å²) in [6.45, 7) is -0.843. The maximum Gasteiger partial charge on any atom is 0.419 e. The third-order valence-corrected chi connectivity index (χ3v) is 2.26. The normalized spacial score (nSPS) is 11.8. The van der Waals surface area contributed by atoms with E-state index in [2.05, 4.69) is 0 Å². The van der Waals surface area contributed by atoms with Crippen molar-refractivity contribution in [3.63, 3.8) is 0 Å². The van der Waals surface area contributed by atoms with Gasteiger partial charge in [0.1, 0.15) is 5.75 Å². The van der Waals surface area contributed by atoms with E-state index in [4.69, 9.17) is 9.84 Å². The summed E-state index contributed by atoms with van der Waals surface area (Å²) in [6, 6.07) is 3.16. The highest BCUT2D eigenvalue weighted by Crippen LogP contribution is 2.37. The van der Waals surface area contributed by atoms with Gasteiger partial charge in [-0.2, -0.15) is 13.2 Å². The lowest BCUT2D eigenvalue weighted by Crippen LogP contribution is -2.10. The molecule has 0 aromatic heterocycles. The molecule has 1 aromatic rings. The lowest BCUT2D eigenvalue weighted by molar-refractivity contribution is -0.139. The highest BCUT2D eigenvalue weighted by Gasteiger charge is 2.34. The first-order valence-corrected chi connectivity index (χ1v) is 5.65. The van der Waals surface area contributed by atoms with Gasteiger partial charge in [-0.15, -0.1) is 0 Å². The maximum absolute atomic E-state index is 12.8. The molecule has 0 saturated heterocycles. The molecule has 0 fully saturated rings. The van der Waals surface area contributed by atoms with Gasteiger partial charge in [-0.1, -0.05) is 6.07 Å². The third-order valence-electron chi connectivity index (χ3n) is 2.26. The van der Waals surface area contributed by atoms with Gasteiger partial charge in [-0.25, -0.2) is 4.79 Å². The van der Waals surface area contributed by atoms with Crippen LogP contribution in [-0.2, 0) is 11.0 Å². The molecule has 0 heterocycles. The first kappa shape index (κ1) is 16.0. The molecule has 0 aliphatic carbocycles. The van der Waals surface area contributed by atoms with Gasteiger partial charge in [0.2, 0.25) is 0 Å².